The van der Waals surface area contributed by atoms with Crippen LogP contribution in [0, 0.1) is 13.8 Å². The van der Waals surface area contributed by atoms with Crippen LogP contribution < -0.4 is 15.8 Å². The van der Waals surface area contributed by atoms with Crippen molar-refractivity contribution in [3.8, 4) is 17.2 Å². The fourth-order valence-electron chi connectivity index (χ4n) is 2.26. The number of nitrogen functional groups attached to an aromatic ring is 1. The van der Waals surface area contributed by atoms with Gasteiger partial charge in [-0.2, -0.15) is 0 Å². The van der Waals surface area contributed by atoms with E-state index in [9.17, 15) is 14.7 Å². The molecule has 0 saturated heterocycles. The fourth-order valence-corrected chi connectivity index (χ4v) is 2.26. The molecule has 1 amide bonds. The molecule has 0 fully saturated rings. The minimum Gasteiger partial charge on any atom is -0.489 e. The second kappa shape index (κ2) is 8.15. The summed E-state index contributed by atoms with van der Waals surface area (Å²) in [4.78, 5) is 23.2. The van der Waals surface area contributed by atoms with Gasteiger partial charge in [0.1, 0.15) is 18.0 Å². The van der Waals surface area contributed by atoms with E-state index in [1.165, 1.54) is 0 Å². The van der Waals surface area contributed by atoms with Gasteiger partial charge in [0.05, 0.1) is 5.69 Å². The number of amides is 1. The third-order valence-electron chi connectivity index (χ3n) is 3.51. The molecule has 1 aromatic heterocycles. The van der Waals surface area contributed by atoms with Crippen molar-refractivity contribution >= 4 is 17.7 Å². The van der Waals surface area contributed by atoms with Gasteiger partial charge in [0.2, 0.25) is 11.8 Å². The van der Waals surface area contributed by atoms with Crippen LogP contribution in [0.5, 0.6) is 5.75 Å². The summed E-state index contributed by atoms with van der Waals surface area (Å²) < 4.78 is 16.0. The molecule has 28 heavy (non-hydrogen) atoms. The van der Waals surface area contributed by atoms with Crippen molar-refractivity contribution < 1.29 is 28.6 Å². The highest BCUT2D eigenvalue weighted by Gasteiger charge is 2.25. The van der Waals surface area contributed by atoms with E-state index in [0.717, 1.165) is 5.56 Å². The minimum absolute atomic E-state index is 0.262. The number of hydrogen-bond donors (Lipinski definition) is 3. The molecule has 1 aromatic carbocycles. The zero-order valence-electron chi connectivity index (χ0n) is 16.4. The van der Waals surface area contributed by atoms with Crippen molar-refractivity contribution in [3.05, 3.63) is 23.6 Å². The molecule has 1 atom stereocenters. The second-order valence-electron chi connectivity index (χ2n) is 7.18. The summed E-state index contributed by atoms with van der Waals surface area (Å²) in [6, 6.07) is 1.93. The lowest BCUT2D eigenvalue weighted by molar-refractivity contribution is -0.140. The van der Waals surface area contributed by atoms with Crippen molar-refractivity contribution in [2.75, 3.05) is 12.3 Å². The molecule has 4 N–H and O–H groups in total. The number of alkyl carbamates (subject to hydrolysis) is 1. The maximum absolute atomic E-state index is 11.8. The van der Waals surface area contributed by atoms with Crippen LogP contribution in [0.1, 0.15) is 32.2 Å². The summed E-state index contributed by atoms with van der Waals surface area (Å²) in [5.74, 6) is -0.247. The number of anilines is 1. The van der Waals surface area contributed by atoms with Gasteiger partial charge in [0.15, 0.2) is 6.04 Å². The number of carboxylic acids is 1. The number of nitrogens with two attached hydrogens (primary N) is 1. The van der Waals surface area contributed by atoms with Crippen LogP contribution in [-0.4, -0.2) is 45.6 Å². The molecular weight excluding hydrogens is 368 g/mol. The summed E-state index contributed by atoms with van der Waals surface area (Å²) in [6.07, 6.45) is -0.852. The summed E-state index contributed by atoms with van der Waals surface area (Å²) in [5, 5.41) is 19.3. The van der Waals surface area contributed by atoms with E-state index in [1.807, 2.05) is 0 Å². The molecular formula is C18H24N4O6. The lowest BCUT2D eigenvalue weighted by Crippen LogP contribution is -2.46. The molecule has 152 valence electrons. The highest BCUT2D eigenvalue weighted by molar-refractivity contribution is 5.80. The quantitative estimate of drug-likeness (QED) is 0.629. The Hall–Kier alpha value is -3.30. The standard InChI is InChI=1S/C18H24N4O6/c1-9-6-14(12(19)7-11(9)15-22-21-10(2)27-15)26-8-13(16(23)24)20-17(25)28-18(3,4)5/h6-7,13H,8,19H2,1-5H3,(H,20,25)(H,23,24). The average Bonchev–Trinajstić information content (AvgIpc) is 2.98. The molecule has 1 heterocycles. The molecule has 0 saturated carbocycles. The molecule has 2 aromatic rings. The summed E-state index contributed by atoms with van der Waals surface area (Å²) in [6.45, 7) is 8.17. The number of hydrogen-bond acceptors (Lipinski definition) is 8. The molecule has 0 spiro atoms. The Morgan fingerprint density at radius 2 is 1.96 bits per heavy atom. The van der Waals surface area contributed by atoms with Crippen LogP contribution in [0.4, 0.5) is 10.5 Å². The van der Waals surface area contributed by atoms with Crippen LogP contribution in [0.15, 0.2) is 16.5 Å². The maximum atomic E-state index is 11.8. The Labute approximate surface area is 162 Å². The van der Waals surface area contributed by atoms with Crippen molar-refractivity contribution in [3.63, 3.8) is 0 Å². The van der Waals surface area contributed by atoms with E-state index in [1.54, 1.807) is 46.8 Å². The highest BCUT2D eigenvalue weighted by atomic mass is 16.6. The number of rotatable bonds is 6. The minimum atomic E-state index is -1.31. The molecule has 0 bridgehead atoms. The van der Waals surface area contributed by atoms with E-state index in [-0.39, 0.29) is 18.0 Å². The van der Waals surface area contributed by atoms with E-state index in [0.29, 0.717) is 17.3 Å². The first-order valence-electron chi connectivity index (χ1n) is 8.52. The smallest absolute Gasteiger partial charge is 0.408 e. The normalized spacial score (nSPS) is 12.3. The Bertz CT molecular complexity index is 871. The molecule has 10 nitrogen and oxygen atoms in total. The number of carbonyl (C=O) groups excluding carboxylic acids is 1. The van der Waals surface area contributed by atoms with Gasteiger partial charge in [0.25, 0.3) is 0 Å². The molecule has 10 heteroatoms. The Kier molecular flexibility index (Phi) is 6.12. The van der Waals surface area contributed by atoms with E-state index in [2.05, 4.69) is 15.5 Å². The van der Waals surface area contributed by atoms with Gasteiger partial charge in [-0.1, -0.05) is 0 Å². The van der Waals surface area contributed by atoms with Crippen LogP contribution >= 0.6 is 0 Å². The zero-order chi connectivity index (χ0) is 21.1. The number of aliphatic carboxylic acids is 1. The Morgan fingerprint density at radius 3 is 2.50 bits per heavy atom. The average molecular weight is 392 g/mol. The molecule has 0 radical (unpaired) electrons. The number of benzene rings is 1. The number of carboxylic acid groups (broad SMARTS) is 1. The van der Waals surface area contributed by atoms with Gasteiger partial charge in [-0.15, -0.1) is 10.2 Å². The van der Waals surface area contributed by atoms with Crippen molar-refractivity contribution in [2.24, 2.45) is 0 Å². The zero-order valence-corrected chi connectivity index (χ0v) is 16.4. The molecule has 1 unspecified atom stereocenters. The molecule has 0 aliphatic carbocycles. The summed E-state index contributed by atoms with van der Waals surface area (Å²) in [7, 11) is 0. The molecule has 2 rings (SSSR count). The maximum Gasteiger partial charge on any atom is 0.408 e. The van der Waals surface area contributed by atoms with Crippen molar-refractivity contribution in [1.82, 2.24) is 15.5 Å². The lowest BCUT2D eigenvalue weighted by Gasteiger charge is -2.22. The van der Waals surface area contributed by atoms with Gasteiger partial charge in [0, 0.05) is 12.5 Å². The predicted molar refractivity (Wildman–Crippen MR) is 99.9 cm³/mol. The largest absolute Gasteiger partial charge is 0.489 e. The topological polar surface area (TPSA) is 150 Å². The number of nitrogens with zero attached hydrogens (tertiary/aromatic N) is 2. The van der Waals surface area contributed by atoms with Crippen LogP contribution in [0.3, 0.4) is 0 Å². The first kappa shape index (κ1) is 21.0. The predicted octanol–water partition coefficient (Wildman–Crippen LogP) is 2.29. The summed E-state index contributed by atoms with van der Waals surface area (Å²) >= 11 is 0. The SMILES string of the molecule is Cc1nnc(-c2cc(N)c(OCC(NC(=O)OC(C)(C)C)C(=O)O)cc2C)o1. The molecule has 0 aliphatic heterocycles. The number of nitrogens with one attached hydrogen (secondary N) is 1. The third-order valence-corrected chi connectivity index (χ3v) is 3.51. The number of aromatic nitrogens is 2. The van der Waals surface area contributed by atoms with E-state index in [4.69, 9.17) is 19.6 Å². The molecule has 0 aliphatic rings. The van der Waals surface area contributed by atoms with Gasteiger partial charge in [-0.3, -0.25) is 0 Å². The third kappa shape index (κ3) is 5.60. The number of aryl methyl sites for hydroxylation is 2. The van der Waals surface area contributed by atoms with Gasteiger partial charge in [-0.25, -0.2) is 9.59 Å². The number of ether oxygens (including phenoxy) is 2. The lowest BCUT2D eigenvalue weighted by atomic mass is 10.1. The van der Waals surface area contributed by atoms with E-state index < -0.39 is 23.7 Å². The first-order valence-corrected chi connectivity index (χ1v) is 8.52. The van der Waals surface area contributed by atoms with Crippen molar-refractivity contribution in [2.45, 2.75) is 46.3 Å². The van der Waals surface area contributed by atoms with Gasteiger partial charge in [-0.05, 0) is 45.4 Å². The van der Waals surface area contributed by atoms with Gasteiger partial charge < -0.3 is 30.0 Å². The number of carbonyl (C=O) groups is 2. The Morgan fingerprint density at radius 1 is 1.29 bits per heavy atom. The van der Waals surface area contributed by atoms with Crippen LogP contribution in [0.25, 0.3) is 11.5 Å². The van der Waals surface area contributed by atoms with Crippen molar-refractivity contribution in [1.29, 1.82) is 0 Å². The van der Waals surface area contributed by atoms with Crippen LogP contribution in [-0.2, 0) is 9.53 Å². The second-order valence-corrected chi connectivity index (χ2v) is 7.18. The first-order chi connectivity index (χ1) is 13.0. The van der Waals surface area contributed by atoms with E-state index >= 15 is 0 Å². The van der Waals surface area contributed by atoms with Gasteiger partial charge >= 0.3 is 12.1 Å². The highest BCUT2D eigenvalue weighted by Crippen LogP contribution is 2.31. The van der Waals surface area contributed by atoms with Crippen LogP contribution in [0.2, 0.25) is 0 Å². The Balaban J connectivity index is 2.10. The fraction of sp³-hybridized carbons (Fsp3) is 0.444. The monoisotopic (exact) mass is 392 g/mol. The summed E-state index contributed by atoms with van der Waals surface area (Å²) in [5.41, 5.74) is 6.91.